The van der Waals surface area contributed by atoms with Crippen LogP contribution in [-0.2, 0) is 4.79 Å². The molecular weight excluding hydrogens is 320 g/mol. The lowest BCUT2D eigenvalue weighted by Gasteiger charge is -2.09. The lowest BCUT2D eigenvalue weighted by molar-refractivity contribution is -0.111. The van der Waals surface area contributed by atoms with Gasteiger partial charge in [-0.15, -0.1) is 0 Å². The molecule has 0 aliphatic rings. The Hall–Kier alpha value is -3.28. The van der Waals surface area contributed by atoms with Gasteiger partial charge in [-0.05, 0) is 42.8 Å². The largest absolute Gasteiger partial charge is 0.493 e. The maximum Gasteiger partial charge on any atom is 0.250 e. The number of anilines is 1. The Morgan fingerprint density at radius 2 is 1.92 bits per heavy atom. The Balaban J connectivity index is 2.13. The van der Waals surface area contributed by atoms with Crippen LogP contribution in [0.3, 0.4) is 0 Å². The van der Waals surface area contributed by atoms with Gasteiger partial charge >= 0.3 is 0 Å². The minimum atomic E-state index is -0.601. The highest BCUT2D eigenvalue weighted by atomic mass is 16.5. The van der Waals surface area contributed by atoms with E-state index in [1.165, 1.54) is 6.08 Å². The fourth-order valence-electron chi connectivity index (χ4n) is 2.22. The zero-order valence-electron chi connectivity index (χ0n) is 14.1. The molecule has 0 saturated carbocycles. The molecule has 0 radical (unpaired) electrons. The number of nitrogens with two attached hydrogens (primary N) is 1. The molecule has 130 valence electrons. The predicted octanol–water partition coefficient (Wildman–Crippen LogP) is 2.84. The molecule has 6 heteroatoms. The zero-order valence-corrected chi connectivity index (χ0v) is 14.1. The Morgan fingerprint density at radius 3 is 2.60 bits per heavy atom. The lowest BCUT2D eigenvalue weighted by atomic mass is 10.1. The molecule has 0 unspecified atom stereocenters. The van der Waals surface area contributed by atoms with Crippen LogP contribution in [0.1, 0.15) is 22.8 Å². The maximum absolute atomic E-state index is 12.1. The van der Waals surface area contributed by atoms with Crippen molar-refractivity contribution in [2.24, 2.45) is 5.73 Å². The van der Waals surface area contributed by atoms with E-state index < -0.39 is 5.91 Å². The van der Waals surface area contributed by atoms with Crippen LogP contribution in [0.5, 0.6) is 11.5 Å². The van der Waals surface area contributed by atoms with Crippen molar-refractivity contribution in [2.45, 2.75) is 6.92 Å². The molecule has 25 heavy (non-hydrogen) atoms. The zero-order chi connectivity index (χ0) is 18.2. The van der Waals surface area contributed by atoms with Crippen LogP contribution in [0.2, 0.25) is 0 Å². The second kappa shape index (κ2) is 8.54. The van der Waals surface area contributed by atoms with Crippen LogP contribution in [0.15, 0.2) is 48.5 Å². The van der Waals surface area contributed by atoms with E-state index in [4.69, 9.17) is 15.2 Å². The van der Waals surface area contributed by atoms with Gasteiger partial charge in [-0.1, -0.05) is 18.2 Å². The van der Waals surface area contributed by atoms with Crippen molar-refractivity contribution < 1.29 is 19.1 Å². The highest BCUT2D eigenvalue weighted by Gasteiger charge is 2.09. The van der Waals surface area contributed by atoms with Crippen molar-refractivity contribution in [1.29, 1.82) is 0 Å². The van der Waals surface area contributed by atoms with Gasteiger partial charge in [0.05, 0.1) is 25.0 Å². The van der Waals surface area contributed by atoms with Crippen molar-refractivity contribution in [3.8, 4) is 11.5 Å². The number of carbonyl (C=O) groups excluding carboxylic acids is 2. The summed E-state index contributed by atoms with van der Waals surface area (Å²) < 4.78 is 10.7. The molecule has 0 spiro atoms. The average molecular weight is 340 g/mol. The normalized spacial score (nSPS) is 10.5. The van der Waals surface area contributed by atoms with E-state index in [1.54, 1.807) is 49.6 Å². The number of para-hydroxylation sites is 1. The summed E-state index contributed by atoms with van der Waals surface area (Å²) in [5.41, 5.74) is 6.70. The smallest absolute Gasteiger partial charge is 0.250 e. The summed E-state index contributed by atoms with van der Waals surface area (Å²) in [6.45, 7) is 2.39. The van der Waals surface area contributed by atoms with E-state index in [9.17, 15) is 9.59 Å². The lowest BCUT2D eigenvalue weighted by Crippen LogP contribution is -2.16. The number of primary amides is 1. The van der Waals surface area contributed by atoms with Gasteiger partial charge in [0.1, 0.15) is 0 Å². The Morgan fingerprint density at radius 1 is 1.16 bits per heavy atom. The summed E-state index contributed by atoms with van der Waals surface area (Å²) in [4.78, 5) is 23.5. The highest BCUT2D eigenvalue weighted by Crippen LogP contribution is 2.28. The number of rotatable bonds is 7. The Labute approximate surface area is 146 Å². The van der Waals surface area contributed by atoms with Gasteiger partial charge in [0, 0.05) is 6.08 Å². The van der Waals surface area contributed by atoms with Gasteiger partial charge in [-0.25, -0.2) is 0 Å². The van der Waals surface area contributed by atoms with Crippen LogP contribution in [0, 0.1) is 0 Å². The fourth-order valence-corrected chi connectivity index (χ4v) is 2.22. The molecule has 0 atom stereocenters. The molecule has 2 aromatic rings. The maximum atomic E-state index is 12.1. The van der Waals surface area contributed by atoms with Crippen molar-refractivity contribution in [1.82, 2.24) is 0 Å². The summed E-state index contributed by atoms with van der Waals surface area (Å²) in [7, 11) is 1.57. The first-order valence-corrected chi connectivity index (χ1v) is 7.74. The number of methoxy groups -OCH3 is 1. The summed E-state index contributed by atoms with van der Waals surface area (Å²) >= 11 is 0. The van der Waals surface area contributed by atoms with Gasteiger partial charge in [-0.3, -0.25) is 9.59 Å². The quantitative estimate of drug-likeness (QED) is 0.758. The Bertz CT molecular complexity index is 800. The van der Waals surface area contributed by atoms with Crippen LogP contribution in [0.4, 0.5) is 5.69 Å². The molecule has 6 nitrogen and oxygen atoms in total. The summed E-state index contributed by atoms with van der Waals surface area (Å²) in [6.07, 6.45) is 3.01. The molecule has 0 bridgehead atoms. The third-order valence-corrected chi connectivity index (χ3v) is 3.37. The molecule has 0 fully saturated rings. The van der Waals surface area contributed by atoms with E-state index in [-0.39, 0.29) is 11.5 Å². The van der Waals surface area contributed by atoms with Crippen molar-refractivity contribution in [2.75, 3.05) is 19.0 Å². The standard InChI is InChI=1S/C19H20N2O4/c1-3-25-17-12-13(8-10-16(17)24-2)9-11-18(22)21-15-7-5-4-6-14(15)19(20)23/h4-12H,3H2,1-2H3,(H2,20,23)(H,21,22). The molecule has 3 N–H and O–H groups in total. The van der Waals surface area contributed by atoms with E-state index in [0.29, 0.717) is 23.8 Å². The number of ether oxygens (including phenoxy) is 2. The molecule has 0 saturated heterocycles. The first-order chi connectivity index (χ1) is 12.0. The van der Waals surface area contributed by atoms with E-state index in [0.717, 1.165) is 5.56 Å². The third-order valence-electron chi connectivity index (χ3n) is 3.37. The van der Waals surface area contributed by atoms with Crippen molar-refractivity contribution >= 4 is 23.6 Å². The van der Waals surface area contributed by atoms with Gasteiger partial charge in [0.25, 0.3) is 5.91 Å². The second-order valence-electron chi connectivity index (χ2n) is 5.08. The van der Waals surface area contributed by atoms with E-state index in [1.807, 2.05) is 13.0 Å². The summed E-state index contributed by atoms with van der Waals surface area (Å²) in [5, 5.41) is 2.64. The minimum absolute atomic E-state index is 0.257. The molecule has 0 aliphatic heterocycles. The molecule has 2 amide bonds. The summed E-state index contributed by atoms with van der Waals surface area (Å²) in [6, 6.07) is 11.9. The minimum Gasteiger partial charge on any atom is -0.493 e. The topological polar surface area (TPSA) is 90.6 Å². The number of carbonyl (C=O) groups is 2. The molecule has 0 aromatic heterocycles. The van der Waals surface area contributed by atoms with Gasteiger partial charge < -0.3 is 20.5 Å². The summed E-state index contributed by atoms with van der Waals surface area (Å²) in [5.74, 6) is 0.254. The first-order valence-electron chi connectivity index (χ1n) is 7.74. The van der Waals surface area contributed by atoms with Crippen LogP contribution in [-0.4, -0.2) is 25.5 Å². The van der Waals surface area contributed by atoms with Gasteiger partial charge in [0.15, 0.2) is 11.5 Å². The molecule has 0 aliphatic carbocycles. The fraction of sp³-hybridized carbons (Fsp3) is 0.158. The van der Waals surface area contributed by atoms with Crippen LogP contribution >= 0.6 is 0 Å². The van der Waals surface area contributed by atoms with Gasteiger partial charge in [0.2, 0.25) is 5.91 Å². The molecule has 2 aromatic carbocycles. The predicted molar refractivity (Wildman–Crippen MR) is 96.8 cm³/mol. The molecule has 0 heterocycles. The SMILES string of the molecule is CCOc1cc(C=CC(=O)Nc2ccccc2C(N)=O)ccc1OC. The number of nitrogens with one attached hydrogen (secondary N) is 1. The highest BCUT2D eigenvalue weighted by molar-refractivity contribution is 6.07. The number of amides is 2. The first kappa shape index (κ1) is 18.1. The van der Waals surface area contributed by atoms with Crippen LogP contribution in [0.25, 0.3) is 6.08 Å². The molecule has 2 rings (SSSR count). The monoisotopic (exact) mass is 340 g/mol. The van der Waals surface area contributed by atoms with Crippen molar-refractivity contribution in [3.63, 3.8) is 0 Å². The number of benzene rings is 2. The van der Waals surface area contributed by atoms with Crippen molar-refractivity contribution in [3.05, 3.63) is 59.7 Å². The van der Waals surface area contributed by atoms with Gasteiger partial charge in [-0.2, -0.15) is 0 Å². The van der Waals surface area contributed by atoms with E-state index in [2.05, 4.69) is 5.32 Å². The van der Waals surface area contributed by atoms with E-state index >= 15 is 0 Å². The third kappa shape index (κ3) is 4.84. The molecular formula is C19H20N2O4. The van der Waals surface area contributed by atoms with Crippen LogP contribution < -0.4 is 20.5 Å². The number of hydrogen-bond acceptors (Lipinski definition) is 4. The number of hydrogen-bond donors (Lipinski definition) is 2. The Kier molecular flexibility index (Phi) is 6.17. The average Bonchev–Trinajstić information content (AvgIpc) is 2.61. The second-order valence-corrected chi connectivity index (χ2v) is 5.08.